The van der Waals surface area contributed by atoms with Crippen molar-refractivity contribution >= 4 is 27.1 Å². The number of amides is 1. The molecule has 0 atom stereocenters. The van der Waals surface area contributed by atoms with Gasteiger partial charge in [0.25, 0.3) is 5.91 Å². The Labute approximate surface area is 146 Å². The normalized spacial score (nSPS) is 11.2. The van der Waals surface area contributed by atoms with E-state index in [0.29, 0.717) is 0 Å². The first-order chi connectivity index (χ1) is 12.2. The lowest BCUT2D eigenvalue weighted by molar-refractivity contribution is -0.385. The number of carbonyl (C=O) groups is 1. The van der Waals surface area contributed by atoms with Crippen LogP contribution in [0.5, 0.6) is 5.75 Å². The lowest BCUT2D eigenvalue weighted by atomic mass is 10.3. The summed E-state index contributed by atoms with van der Waals surface area (Å²) in [6.07, 6.45) is 0. The molecule has 2 aromatic carbocycles. The van der Waals surface area contributed by atoms with E-state index in [9.17, 15) is 32.1 Å². The van der Waals surface area contributed by atoms with Crippen LogP contribution in [-0.4, -0.2) is 31.6 Å². The monoisotopic (exact) mass is 386 g/mol. The van der Waals surface area contributed by atoms with Gasteiger partial charge in [0.1, 0.15) is 0 Å². The number of ether oxygens (including phenoxy) is 1. The van der Waals surface area contributed by atoms with E-state index in [1.54, 1.807) is 0 Å². The zero-order valence-electron chi connectivity index (χ0n) is 13.0. The van der Waals surface area contributed by atoms with E-state index in [4.69, 9.17) is 4.74 Å². The van der Waals surface area contributed by atoms with Gasteiger partial charge < -0.3 is 10.1 Å². The predicted molar refractivity (Wildman–Crippen MR) is 86.9 cm³/mol. The van der Waals surface area contributed by atoms with Crippen molar-refractivity contribution in [2.45, 2.75) is 10.7 Å². The first-order valence-corrected chi connectivity index (χ1v) is 8.55. The summed E-state index contributed by atoms with van der Waals surface area (Å²) in [6, 6.07) is 9.98. The number of carbonyl (C=O) groups excluding carboxylic acids is 1. The lowest BCUT2D eigenvalue weighted by Crippen LogP contribution is -2.22. The molecule has 26 heavy (non-hydrogen) atoms. The zero-order valence-corrected chi connectivity index (χ0v) is 13.8. The zero-order chi connectivity index (χ0) is 19.3. The number of sulfone groups is 1. The molecule has 11 heteroatoms. The molecule has 0 bridgehead atoms. The van der Waals surface area contributed by atoms with E-state index in [1.165, 1.54) is 36.4 Å². The first-order valence-electron chi connectivity index (χ1n) is 7.00. The van der Waals surface area contributed by atoms with E-state index >= 15 is 0 Å². The topological polar surface area (TPSA) is 116 Å². The van der Waals surface area contributed by atoms with E-state index in [0.717, 1.165) is 12.1 Å². The molecule has 0 unspecified atom stereocenters. The summed E-state index contributed by atoms with van der Waals surface area (Å²) in [5.41, 5.74) is -0.704. The third kappa shape index (κ3) is 4.30. The highest BCUT2D eigenvalue weighted by Gasteiger charge is 2.29. The van der Waals surface area contributed by atoms with E-state index in [-0.39, 0.29) is 17.1 Å². The van der Waals surface area contributed by atoms with Crippen LogP contribution in [0.2, 0.25) is 0 Å². The van der Waals surface area contributed by atoms with Crippen molar-refractivity contribution < 1.29 is 31.7 Å². The standard InChI is InChI=1S/C15H12F2N2O6S/c16-15(17)26(23,24)13-8-4-1-5-10(13)18-14(20)9-25-12-7-3-2-6-11(12)19(21)22/h1-8,15H,9H2,(H,18,20). The molecule has 0 saturated heterocycles. The number of hydrogen-bond acceptors (Lipinski definition) is 6. The molecule has 0 heterocycles. The maximum absolute atomic E-state index is 12.7. The van der Waals surface area contributed by atoms with Crippen LogP contribution in [0.4, 0.5) is 20.2 Å². The number of nitro groups is 1. The molecule has 0 aliphatic rings. The van der Waals surface area contributed by atoms with Gasteiger partial charge in [-0.2, -0.15) is 8.78 Å². The number of benzene rings is 2. The fourth-order valence-corrected chi connectivity index (χ4v) is 2.86. The Bertz CT molecular complexity index is 933. The van der Waals surface area contributed by atoms with Crippen molar-refractivity contribution in [1.29, 1.82) is 0 Å². The number of halogens is 2. The number of rotatable bonds is 7. The Morgan fingerprint density at radius 2 is 1.77 bits per heavy atom. The van der Waals surface area contributed by atoms with Crippen LogP contribution in [0.3, 0.4) is 0 Å². The maximum Gasteiger partial charge on any atom is 0.341 e. The number of anilines is 1. The van der Waals surface area contributed by atoms with Crippen molar-refractivity contribution in [2.24, 2.45) is 0 Å². The molecule has 0 saturated carbocycles. The van der Waals surface area contributed by atoms with Crippen LogP contribution in [0.1, 0.15) is 0 Å². The van der Waals surface area contributed by atoms with Gasteiger partial charge in [-0.1, -0.05) is 24.3 Å². The number of hydrogen-bond donors (Lipinski definition) is 1. The Morgan fingerprint density at radius 3 is 2.42 bits per heavy atom. The first kappa shape index (κ1) is 19.2. The summed E-state index contributed by atoms with van der Waals surface area (Å²) >= 11 is 0. The Morgan fingerprint density at radius 1 is 1.15 bits per heavy atom. The Hall–Kier alpha value is -3.08. The van der Waals surface area contributed by atoms with Gasteiger partial charge in [-0.05, 0) is 18.2 Å². The Kier molecular flexibility index (Phi) is 5.82. The van der Waals surface area contributed by atoms with Crippen molar-refractivity contribution in [3.05, 3.63) is 58.6 Å². The van der Waals surface area contributed by atoms with Gasteiger partial charge in [0, 0.05) is 6.07 Å². The third-order valence-electron chi connectivity index (χ3n) is 3.12. The average Bonchev–Trinajstić information content (AvgIpc) is 2.60. The Balaban J connectivity index is 2.14. The van der Waals surface area contributed by atoms with Crippen LogP contribution >= 0.6 is 0 Å². The van der Waals surface area contributed by atoms with Crippen molar-refractivity contribution in [1.82, 2.24) is 0 Å². The van der Waals surface area contributed by atoms with Gasteiger partial charge in [0.05, 0.1) is 15.5 Å². The number of alkyl halides is 2. The van der Waals surface area contributed by atoms with Crippen LogP contribution < -0.4 is 10.1 Å². The largest absolute Gasteiger partial charge is 0.477 e. The molecule has 0 aromatic heterocycles. The highest BCUT2D eigenvalue weighted by molar-refractivity contribution is 7.91. The molecule has 2 rings (SSSR count). The van der Waals surface area contributed by atoms with E-state index < -0.39 is 37.9 Å². The molecule has 1 amide bonds. The smallest absolute Gasteiger partial charge is 0.341 e. The predicted octanol–water partition coefficient (Wildman–Crippen LogP) is 2.61. The molecule has 0 aliphatic carbocycles. The molecule has 2 aromatic rings. The van der Waals surface area contributed by atoms with Crippen molar-refractivity contribution in [3.63, 3.8) is 0 Å². The fourth-order valence-electron chi connectivity index (χ4n) is 1.97. The molecule has 138 valence electrons. The maximum atomic E-state index is 12.7. The summed E-state index contributed by atoms with van der Waals surface area (Å²) in [6.45, 7) is -0.687. The van der Waals surface area contributed by atoms with Gasteiger partial charge >= 0.3 is 11.4 Å². The van der Waals surface area contributed by atoms with Gasteiger partial charge in [-0.15, -0.1) is 0 Å². The lowest BCUT2D eigenvalue weighted by Gasteiger charge is -2.12. The second-order valence-corrected chi connectivity index (χ2v) is 6.75. The quantitative estimate of drug-likeness (QED) is 0.578. The van der Waals surface area contributed by atoms with Gasteiger partial charge in [0.15, 0.2) is 12.4 Å². The van der Waals surface area contributed by atoms with Crippen molar-refractivity contribution in [3.8, 4) is 5.75 Å². The minimum absolute atomic E-state index is 0.166. The SMILES string of the molecule is O=C(COc1ccccc1[N+](=O)[O-])Nc1ccccc1S(=O)(=O)C(F)F. The van der Waals surface area contributed by atoms with Gasteiger partial charge in [0.2, 0.25) is 9.84 Å². The molecule has 1 N–H and O–H groups in total. The molecular formula is C15H12F2N2O6S. The second-order valence-electron chi connectivity index (χ2n) is 4.86. The molecule has 0 spiro atoms. The third-order valence-corrected chi connectivity index (χ3v) is 4.56. The number of nitrogens with one attached hydrogen (secondary N) is 1. The summed E-state index contributed by atoms with van der Waals surface area (Å²) in [4.78, 5) is 21.4. The molecule has 0 aliphatic heterocycles. The highest BCUT2D eigenvalue weighted by Crippen LogP contribution is 2.27. The number of nitro benzene ring substituents is 1. The summed E-state index contributed by atoms with van der Waals surface area (Å²) in [7, 11) is -4.92. The molecule has 0 fully saturated rings. The minimum Gasteiger partial charge on any atom is -0.477 e. The summed E-state index contributed by atoms with van der Waals surface area (Å²) in [5, 5.41) is 13.0. The van der Waals surface area contributed by atoms with Gasteiger partial charge in [-0.3, -0.25) is 14.9 Å². The van der Waals surface area contributed by atoms with Crippen LogP contribution in [0.15, 0.2) is 53.4 Å². The number of para-hydroxylation sites is 3. The molecule has 0 radical (unpaired) electrons. The molecule has 8 nitrogen and oxygen atoms in total. The fraction of sp³-hybridized carbons (Fsp3) is 0.133. The summed E-state index contributed by atoms with van der Waals surface area (Å²) in [5.74, 6) is -4.69. The van der Waals surface area contributed by atoms with E-state index in [2.05, 4.69) is 5.32 Å². The van der Waals surface area contributed by atoms with E-state index in [1.807, 2.05) is 0 Å². The van der Waals surface area contributed by atoms with Gasteiger partial charge in [-0.25, -0.2) is 8.42 Å². The molecular weight excluding hydrogens is 374 g/mol. The highest BCUT2D eigenvalue weighted by atomic mass is 32.2. The van der Waals surface area contributed by atoms with Crippen molar-refractivity contribution in [2.75, 3.05) is 11.9 Å². The average molecular weight is 386 g/mol. The second kappa shape index (κ2) is 7.87. The summed E-state index contributed by atoms with van der Waals surface area (Å²) < 4.78 is 53.7. The minimum atomic E-state index is -4.92. The number of nitrogens with zero attached hydrogens (tertiary/aromatic N) is 1. The van der Waals surface area contributed by atoms with Crippen LogP contribution in [0, 0.1) is 10.1 Å². The van der Waals surface area contributed by atoms with Crippen LogP contribution in [-0.2, 0) is 14.6 Å². The van der Waals surface area contributed by atoms with Crippen LogP contribution in [0.25, 0.3) is 0 Å².